The van der Waals surface area contributed by atoms with Gasteiger partial charge in [0.1, 0.15) is 0 Å². The van der Waals surface area contributed by atoms with Crippen LogP contribution >= 0.6 is 23.2 Å². The van der Waals surface area contributed by atoms with E-state index in [2.05, 4.69) is 11.4 Å². The summed E-state index contributed by atoms with van der Waals surface area (Å²) < 4.78 is 28.2. The molecule has 3 aromatic rings. The summed E-state index contributed by atoms with van der Waals surface area (Å²) in [6.07, 6.45) is 2.77. The van der Waals surface area contributed by atoms with Gasteiger partial charge in [0.05, 0.1) is 27.5 Å². The number of hydrogen-bond donors (Lipinski definition) is 1. The fourth-order valence-electron chi connectivity index (χ4n) is 4.23. The topological polar surface area (TPSA) is 66.5 Å². The van der Waals surface area contributed by atoms with Crippen molar-refractivity contribution in [3.8, 4) is 0 Å². The molecule has 0 heterocycles. The van der Waals surface area contributed by atoms with E-state index in [1.807, 2.05) is 25.1 Å². The van der Waals surface area contributed by atoms with Crippen LogP contribution in [0.15, 0.2) is 71.6 Å². The normalized spacial score (nSPS) is 15.7. The number of fused-ring (bicyclic) bond motifs is 1. The second-order valence-corrected chi connectivity index (χ2v) is 11.3. The van der Waals surface area contributed by atoms with Gasteiger partial charge < -0.3 is 5.32 Å². The molecule has 0 unspecified atom stereocenters. The van der Waals surface area contributed by atoms with Crippen molar-refractivity contribution in [1.82, 2.24) is 9.62 Å². The SMILES string of the molecule is Cc1ccc(S(=O)(=O)N(CC(=O)N[C@H]2CCCc3ccccc32)Cc2ccc(Cl)c(Cl)c2)cc1. The Balaban J connectivity index is 1.59. The van der Waals surface area contributed by atoms with E-state index >= 15 is 0 Å². The standard InChI is InChI=1S/C26H26Cl2N2O3S/c1-18-9-12-21(13-10-18)34(32,33)30(16-19-11-14-23(27)24(28)15-19)17-26(31)29-25-8-4-6-20-5-2-3-7-22(20)25/h2-3,5,7,9-15,25H,4,6,8,16-17H2,1H3,(H,29,31)/t25-/m0/s1. The molecule has 8 heteroatoms. The monoisotopic (exact) mass is 516 g/mol. The zero-order valence-corrected chi connectivity index (χ0v) is 21.1. The molecule has 0 aliphatic heterocycles. The van der Waals surface area contributed by atoms with Crippen molar-refractivity contribution in [1.29, 1.82) is 0 Å². The first kappa shape index (κ1) is 24.7. The third kappa shape index (κ3) is 5.63. The lowest BCUT2D eigenvalue weighted by molar-refractivity contribution is -0.122. The van der Waals surface area contributed by atoms with Gasteiger partial charge in [0, 0.05) is 6.54 Å². The number of nitrogens with zero attached hydrogens (tertiary/aromatic N) is 1. The summed E-state index contributed by atoms with van der Waals surface area (Å²) in [6.45, 7) is 1.57. The van der Waals surface area contributed by atoms with Gasteiger partial charge in [-0.2, -0.15) is 4.31 Å². The summed E-state index contributed by atoms with van der Waals surface area (Å²) in [7, 11) is -3.94. The second kappa shape index (κ2) is 10.5. The molecule has 0 bridgehead atoms. The van der Waals surface area contributed by atoms with Crippen molar-refractivity contribution in [3.05, 3.63) is 99.0 Å². The highest BCUT2D eigenvalue weighted by atomic mass is 35.5. The zero-order chi connectivity index (χ0) is 24.3. The predicted octanol–water partition coefficient (Wildman–Crippen LogP) is 5.69. The highest BCUT2D eigenvalue weighted by Gasteiger charge is 2.29. The Bertz CT molecular complexity index is 1290. The molecular formula is C26H26Cl2N2O3S. The Morgan fingerprint density at radius 2 is 1.76 bits per heavy atom. The molecule has 0 saturated heterocycles. The average molecular weight is 517 g/mol. The number of nitrogens with one attached hydrogen (secondary N) is 1. The number of carbonyl (C=O) groups is 1. The summed E-state index contributed by atoms with van der Waals surface area (Å²) in [5, 5.41) is 3.76. The molecule has 5 nitrogen and oxygen atoms in total. The second-order valence-electron chi connectivity index (χ2n) is 8.55. The van der Waals surface area contributed by atoms with Gasteiger partial charge in [0.2, 0.25) is 15.9 Å². The van der Waals surface area contributed by atoms with Crippen molar-refractivity contribution in [2.24, 2.45) is 0 Å². The Morgan fingerprint density at radius 1 is 1.03 bits per heavy atom. The Kier molecular flexibility index (Phi) is 7.63. The van der Waals surface area contributed by atoms with Crippen LogP contribution in [0.4, 0.5) is 0 Å². The maximum Gasteiger partial charge on any atom is 0.243 e. The van der Waals surface area contributed by atoms with Crippen LogP contribution in [0.2, 0.25) is 10.0 Å². The number of sulfonamides is 1. The van der Waals surface area contributed by atoms with Crippen LogP contribution in [0.25, 0.3) is 0 Å². The summed E-state index contributed by atoms with van der Waals surface area (Å²) in [5.41, 5.74) is 3.91. The van der Waals surface area contributed by atoms with Crippen molar-refractivity contribution in [2.75, 3.05) is 6.54 Å². The quantitative estimate of drug-likeness (QED) is 0.438. The van der Waals surface area contributed by atoms with Crippen LogP contribution < -0.4 is 5.32 Å². The van der Waals surface area contributed by atoms with Crippen LogP contribution in [0.1, 0.15) is 41.1 Å². The molecule has 1 aliphatic rings. The molecule has 1 aliphatic carbocycles. The lowest BCUT2D eigenvalue weighted by Gasteiger charge is -2.28. The Hall–Kier alpha value is -2.38. The lowest BCUT2D eigenvalue weighted by atomic mass is 9.88. The van der Waals surface area contributed by atoms with Gasteiger partial charge in [-0.3, -0.25) is 4.79 Å². The molecule has 0 fully saturated rings. The summed E-state index contributed by atoms with van der Waals surface area (Å²) in [4.78, 5) is 13.2. The van der Waals surface area contributed by atoms with Crippen LogP contribution in [0.3, 0.4) is 0 Å². The van der Waals surface area contributed by atoms with Gasteiger partial charge in [-0.1, -0.05) is 71.2 Å². The van der Waals surface area contributed by atoms with E-state index in [1.165, 1.54) is 9.87 Å². The number of carbonyl (C=O) groups excluding carboxylic acids is 1. The fourth-order valence-corrected chi connectivity index (χ4v) is 5.94. The van der Waals surface area contributed by atoms with Gasteiger partial charge in [-0.05, 0) is 67.1 Å². The minimum absolute atomic E-state index is 0.0121. The smallest absolute Gasteiger partial charge is 0.243 e. The highest BCUT2D eigenvalue weighted by molar-refractivity contribution is 7.89. The van der Waals surface area contributed by atoms with Gasteiger partial charge in [-0.25, -0.2) is 8.42 Å². The van der Waals surface area contributed by atoms with Gasteiger partial charge in [0.15, 0.2) is 0 Å². The molecule has 1 atom stereocenters. The molecule has 1 N–H and O–H groups in total. The van der Waals surface area contributed by atoms with E-state index in [0.29, 0.717) is 15.6 Å². The molecule has 0 saturated carbocycles. The minimum Gasteiger partial charge on any atom is -0.348 e. The van der Waals surface area contributed by atoms with Crippen LogP contribution in [0.5, 0.6) is 0 Å². The summed E-state index contributed by atoms with van der Waals surface area (Å²) in [5.74, 6) is -0.350. The number of amides is 1. The highest BCUT2D eigenvalue weighted by Crippen LogP contribution is 2.30. The number of hydrogen-bond acceptors (Lipinski definition) is 3. The number of halogens is 2. The van der Waals surface area contributed by atoms with E-state index in [1.54, 1.807) is 42.5 Å². The fraction of sp³-hybridized carbons (Fsp3) is 0.269. The van der Waals surface area contributed by atoms with Crippen LogP contribution in [-0.4, -0.2) is 25.2 Å². The summed E-state index contributed by atoms with van der Waals surface area (Å²) in [6, 6.07) is 19.5. The third-order valence-electron chi connectivity index (χ3n) is 6.03. The van der Waals surface area contributed by atoms with E-state index in [9.17, 15) is 13.2 Å². The maximum atomic E-state index is 13.5. The maximum absolute atomic E-state index is 13.5. The van der Waals surface area contributed by atoms with Gasteiger partial charge in [0.25, 0.3) is 0 Å². The number of rotatable bonds is 7. The average Bonchev–Trinajstić information content (AvgIpc) is 2.81. The molecule has 178 valence electrons. The number of benzene rings is 3. The van der Waals surface area contributed by atoms with Crippen molar-refractivity contribution < 1.29 is 13.2 Å². The predicted molar refractivity (Wildman–Crippen MR) is 136 cm³/mol. The third-order valence-corrected chi connectivity index (χ3v) is 8.57. The number of aryl methyl sites for hydroxylation is 2. The van der Waals surface area contributed by atoms with Crippen LogP contribution in [0, 0.1) is 6.92 Å². The molecular weight excluding hydrogens is 491 g/mol. The van der Waals surface area contributed by atoms with E-state index in [4.69, 9.17) is 23.2 Å². The van der Waals surface area contributed by atoms with Crippen molar-refractivity contribution in [3.63, 3.8) is 0 Å². The molecule has 34 heavy (non-hydrogen) atoms. The molecule has 0 spiro atoms. The largest absolute Gasteiger partial charge is 0.348 e. The Morgan fingerprint density at radius 3 is 2.50 bits per heavy atom. The minimum atomic E-state index is -3.94. The van der Waals surface area contributed by atoms with Crippen LogP contribution in [-0.2, 0) is 27.8 Å². The van der Waals surface area contributed by atoms with E-state index in [-0.39, 0.29) is 29.9 Å². The first-order valence-electron chi connectivity index (χ1n) is 11.1. The molecule has 4 rings (SSSR count). The molecule has 1 amide bonds. The van der Waals surface area contributed by atoms with E-state index < -0.39 is 10.0 Å². The van der Waals surface area contributed by atoms with E-state index in [0.717, 1.165) is 30.4 Å². The first-order valence-corrected chi connectivity index (χ1v) is 13.3. The molecule has 0 aromatic heterocycles. The first-order chi connectivity index (χ1) is 16.2. The molecule has 3 aromatic carbocycles. The lowest BCUT2D eigenvalue weighted by Crippen LogP contribution is -2.42. The molecule has 0 radical (unpaired) electrons. The van der Waals surface area contributed by atoms with Gasteiger partial charge in [-0.15, -0.1) is 0 Å². The summed E-state index contributed by atoms with van der Waals surface area (Å²) >= 11 is 12.2. The van der Waals surface area contributed by atoms with Crippen molar-refractivity contribution >= 4 is 39.1 Å². The Labute approximate surface area is 210 Å². The van der Waals surface area contributed by atoms with Gasteiger partial charge >= 0.3 is 0 Å². The zero-order valence-electron chi connectivity index (χ0n) is 18.8. The van der Waals surface area contributed by atoms with Crippen molar-refractivity contribution in [2.45, 2.75) is 43.7 Å².